The van der Waals surface area contributed by atoms with E-state index in [0.717, 1.165) is 25.2 Å². The van der Waals surface area contributed by atoms with Gasteiger partial charge in [-0.2, -0.15) is 0 Å². The van der Waals surface area contributed by atoms with Gasteiger partial charge < -0.3 is 4.57 Å². The number of ketones is 1. The second-order valence-electron chi connectivity index (χ2n) is 3.71. The SMILES string of the molecule is Cc1nccn1CC1CCC=CC1=O. The minimum atomic E-state index is 0.146. The number of aryl methyl sites for hydroxylation is 1. The van der Waals surface area contributed by atoms with E-state index in [1.165, 1.54) is 0 Å². The molecular formula is C11H14N2O. The van der Waals surface area contributed by atoms with Crippen LogP contribution in [0.25, 0.3) is 0 Å². The Balaban J connectivity index is 2.08. The van der Waals surface area contributed by atoms with E-state index in [-0.39, 0.29) is 11.7 Å². The van der Waals surface area contributed by atoms with Gasteiger partial charge in [0.1, 0.15) is 5.82 Å². The first-order valence-corrected chi connectivity index (χ1v) is 4.95. The van der Waals surface area contributed by atoms with Crippen molar-refractivity contribution in [2.45, 2.75) is 26.3 Å². The molecule has 0 fully saturated rings. The topological polar surface area (TPSA) is 34.9 Å². The third kappa shape index (κ3) is 1.76. The summed E-state index contributed by atoms with van der Waals surface area (Å²) in [5.41, 5.74) is 0. The molecule has 0 spiro atoms. The van der Waals surface area contributed by atoms with Gasteiger partial charge in [-0.15, -0.1) is 0 Å². The van der Waals surface area contributed by atoms with Crippen LogP contribution in [0.3, 0.4) is 0 Å². The molecule has 1 heterocycles. The number of allylic oxidation sites excluding steroid dienone is 2. The highest BCUT2D eigenvalue weighted by molar-refractivity contribution is 5.92. The van der Waals surface area contributed by atoms with Crippen LogP contribution in [0.15, 0.2) is 24.5 Å². The number of imidazole rings is 1. The van der Waals surface area contributed by atoms with Crippen LogP contribution in [-0.2, 0) is 11.3 Å². The van der Waals surface area contributed by atoms with Gasteiger partial charge in [0.25, 0.3) is 0 Å². The summed E-state index contributed by atoms with van der Waals surface area (Å²) < 4.78 is 2.04. The third-order valence-electron chi connectivity index (χ3n) is 2.71. The number of nitrogens with zero attached hydrogens (tertiary/aromatic N) is 2. The van der Waals surface area contributed by atoms with Gasteiger partial charge in [-0.25, -0.2) is 4.98 Å². The maximum absolute atomic E-state index is 11.5. The zero-order chi connectivity index (χ0) is 9.97. The Kier molecular flexibility index (Phi) is 2.48. The Bertz CT molecular complexity index is 365. The summed E-state index contributed by atoms with van der Waals surface area (Å²) in [4.78, 5) is 15.7. The maximum Gasteiger partial charge on any atom is 0.160 e. The first kappa shape index (κ1) is 9.19. The molecule has 0 amide bonds. The van der Waals surface area contributed by atoms with Crippen LogP contribution < -0.4 is 0 Å². The Morgan fingerprint density at radius 3 is 3.14 bits per heavy atom. The lowest BCUT2D eigenvalue weighted by atomic mass is 9.93. The number of carbonyl (C=O) groups is 1. The predicted octanol–water partition coefficient (Wildman–Crippen LogP) is 1.73. The van der Waals surface area contributed by atoms with Crippen LogP contribution in [0.5, 0.6) is 0 Å². The molecule has 0 saturated heterocycles. The third-order valence-corrected chi connectivity index (χ3v) is 2.71. The second kappa shape index (κ2) is 3.78. The number of hydrogen-bond acceptors (Lipinski definition) is 2. The Hall–Kier alpha value is -1.38. The van der Waals surface area contributed by atoms with Crippen molar-refractivity contribution in [1.29, 1.82) is 0 Å². The van der Waals surface area contributed by atoms with Gasteiger partial charge in [0.2, 0.25) is 0 Å². The highest BCUT2D eigenvalue weighted by Gasteiger charge is 2.19. The van der Waals surface area contributed by atoms with E-state index in [9.17, 15) is 4.79 Å². The van der Waals surface area contributed by atoms with Crippen LogP contribution >= 0.6 is 0 Å². The lowest BCUT2D eigenvalue weighted by molar-refractivity contribution is -0.119. The first-order valence-electron chi connectivity index (χ1n) is 4.95. The molecular weight excluding hydrogens is 176 g/mol. The Morgan fingerprint density at radius 2 is 2.50 bits per heavy atom. The zero-order valence-corrected chi connectivity index (χ0v) is 8.31. The molecule has 74 valence electrons. The molecule has 1 atom stereocenters. The van der Waals surface area contributed by atoms with E-state index in [1.54, 1.807) is 12.3 Å². The molecule has 3 heteroatoms. The van der Waals surface area contributed by atoms with Crippen molar-refractivity contribution < 1.29 is 4.79 Å². The highest BCUT2D eigenvalue weighted by Crippen LogP contribution is 2.17. The van der Waals surface area contributed by atoms with Gasteiger partial charge in [-0.1, -0.05) is 6.08 Å². The van der Waals surface area contributed by atoms with E-state index >= 15 is 0 Å². The van der Waals surface area contributed by atoms with Gasteiger partial charge in [-0.05, 0) is 25.8 Å². The van der Waals surface area contributed by atoms with Crippen LogP contribution in [0.1, 0.15) is 18.7 Å². The summed E-state index contributed by atoms with van der Waals surface area (Å²) in [7, 11) is 0. The Labute approximate surface area is 83.5 Å². The lowest BCUT2D eigenvalue weighted by Gasteiger charge is -2.17. The van der Waals surface area contributed by atoms with Crippen molar-refractivity contribution in [2.75, 3.05) is 0 Å². The highest BCUT2D eigenvalue weighted by atomic mass is 16.1. The molecule has 1 unspecified atom stereocenters. The van der Waals surface area contributed by atoms with Crippen molar-refractivity contribution in [3.63, 3.8) is 0 Å². The molecule has 0 bridgehead atoms. The largest absolute Gasteiger partial charge is 0.334 e. The molecule has 1 aliphatic rings. The van der Waals surface area contributed by atoms with Crippen molar-refractivity contribution in [3.05, 3.63) is 30.4 Å². The minimum absolute atomic E-state index is 0.146. The van der Waals surface area contributed by atoms with E-state index in [4.69, 9.17) is 0 Å². The van der Waals surface area contributed by atoms with E-state index < -0.39 is 0 Å². The number of hydrogen-bond donors (Lipinski definition) is 0. The summed E-state index contributed by atoms with van der Waals surface area (Å²) in [5, 5.41) is 0. The number of aromatic nitrogens is 2. The smallest absolute Gasteiger partial charge is 0.160 e. The normalized spacial score (nSPS) is 21.5. The van der Waals surface area contributed by atoms with Gasteiger partial charge in [0.15, 0.2) is 5.78 Å². The van der Waals surface area contributed by atoms with Gasteiger partial charge >= 0.3 is 0 Å². The molecule has 1 aromatic rings. The first-order chi connectivity index (χ1) is 6.77. The van der Waals surface area contributed by atoms with E-state index in [1.807, 2.05) is 23.8 Å². The van der Waals surface area contributed by atoms with Gasteiger partial charge in [-0.3, -0.25) is 4.79 Å². The fourth-order valence-electron chi connectivity index (χ4n) is 1.79. The number of rotatable bonds is 2. The summed E-state index contributed by atoms with van der Waals surface area (Å²) in [5.74, 6) is 1.38. The fraction of sp³-hybridized carbons (Fsp3) is 0.455. The van der Waals surface area contributed by atoms with Crippen LogP contribution in [0.4, 0.5) is 0 Å². The zero-order valence-electron chi connectivity index (χ0n) is 8.31. The predicted molar refractivity (Wildman–Crippen MR) is 53.8 cm³/mol. The van der Waals surface area contributed by atoms with Crippen LogP contribution in [0, 0.1) is 12.8 Å². The van der Waals surface area contributed by atoms with Crippen LogP contribution in [0.2, 0.25) is 0 Å². The quantitative estimate of drug-likeness (QED) is 0.711. The molecule has 3 nitrogen and oxygen atoms in total. The molecule has 0 aliphatic heterocycles. The van der Waals surface area contributed by atoms with E-state index in [0.29, 0.717) is 0 Å². The second-order valence-corrected chi connectivity index (χ2v) is 3.71. The van der Waals surface area contributed by atoms with Gasteiger partial charge in [0.05, 0.1) is 0 Å². The fourth-order valence-corrected chi connectivity index (χ4v) is 1.79. The number of carbonyl (C=O) groups excluding carboxylic acids is 1. The molecule has 0 aromatic carbocycles. The van der Waals surface area contributed by atoms with Gasteiger partial charge in [0, 0.05) is 24.9 Å². The summed E-state index contributed by atoms with van der Waals surface area (Å²) in [6.45, 7) is 2.73. The standard InChI is InChI=1S/C11H14N2O/c1-9-12-6-7-13(9)8-10-4-2-3-5-11(10)14/h3,5-7,10H,2,4,8H2,1H3. The summed E-state index contributed by atoms with van der Waals surface area (Å²) in [6.07, 6.45) is 9.36. The molecule has 14 heavy (non-hydrogen) atoms. The van der Waals surface area contributed by atoms with Crippen LogP contribution in [-0.4, -0.2) is 15.3 Å². The van der Waals surface area contributed by atoms with E-state index in [2.05, 4.69) is 4.98 Å². The molecule has 0 saturated carbocycles. The minimum Gasteiger partial charge on any atom is -0.334 e. The lowest BCUT2D eigenvalue weighted by Crippen LogP contribution is -2.21. The van der Waals surface area contributed by atoms with Crippen molar-refractivity contribution >= 4 is 5.78 Å². The summed E-state index contributed by atoms with van der Waals surface area (Å²) >= 11 is 0. The molecule has 1 aromatic heterocycles. The van der Waals surface area contributed by atoms with Crippen molar-refractivity contribution in [3.8, 4) is 0 Å². The average molecular weight is 190 g/mol. The monoisotopic (exact) mass is 190 g/mol. The summed E-state index contributed by atoms with van der Waals surface area (Å²) in [6, 6.07) is 0. The average Bonchev–Trinajstić information content (AvgIpc) is 2.56. The maximum atomic E-state index is 11.5. The van der Waals surface area contributed by atoms with Crippen molar-refractivity contribution in [2.24, 2.45) is 5.92 Å². The molecule has 2 rings (SSSR count). The van der Waals surface area contributed by atoms with Crippen molar-refractivity contribution in [1.82, 2.24) is 9.55 Å². The molecule has 0 radical (unpaired) electrons. The Morgan fingerprint density at radius 1 is 1.64 bits per heavy atom. The molecule has 0 N–H and O–H groups in total. The molecule has 1 aliphatic carbocycles.